The number of rotatable bonds is 7. The Morgan fingerprint density at radius 2 is 2.00 bits per heavy atom. The van der Waals surface area contributed by atoms with E-state index >= 15 is 0 Å². The first-order chi connectivity index (χ1) is 14.4. The van der Waals surface area contributed by atoms with Crippen LogP contribution in [0.3, 0.4) is 0 Å². The van der Waals surface area contributed by atoms with Crippen molar-refractivity contribution >= 4 is 50.7 Å². The zero-order valence-corrected chi connectivity index (χ0v) is 18.3. The van der Waals surface area contributed by atoms with Crippen LogP contribution in [0.1, 0.15) is 15.9 Å². The molecule has 0 aliphatic carbocycles. The lowest BCUT2D eigenvalue weighted by Gasteiger charge is -2.12. The van der Waals surface area contributed by atoms with Crippen molar-refractivity contribution in [3.63, 3.8) is 0 Å². The zero-order chi connectivity index (χ0) is 21.7. The number of terminal acetylenes is 1. The second kappa shape index (κ2) is 9.65. The van der Waals surface area contributed by atoms with Crippen molar-refractivity contribution in [2.75, 3.05) is 20.3 Å². The maximum Gasteiger partial charge on any atom is 0.293 e. The van der Waals surface area contributed by atoms with Crippen LogP contribution in [0.5, 0.6) is 11.5 Å². The van der Waals surface area contributed by atoms with Crippen LogP contribution in [-0.2, 0) is 4.79 Å². The molecular formula is C22H16BrNO5S. The molecular weight excluding hydrogens is 470 g/mol. The summed E-state index contributed by atoms with van der Waals surface area (Å²) in [4.78, 5) is 38.6. The summed E-state index contributed by atoms with van der Waals surface area (Å²) < 4.78 is 11.4. The number of methoxy groups -OCH3 is 1. The van der Waals surface area contributed by atoms with Gasteiger partial charge in [-0.15, -0.1) is 6.42 Å². The van der Waals surface area contributed by atoms with Crippen molar-refractivity contribution in [1.82, 2.24) is 4.90 Å². The van der Waals surface area contributed by atoms with E-state index in [0.29, 0.717) is 27.1 Å². The van der Waals surface area contributed by atoms with Crippen molar-refractivity contribution in [3.8, 4) is 23.8 Å². The molecule has 152 valence electrons. The van der Waals surface area contributed by atoms with Gasteiger partial charge >= 0.3 is 0 Å². The third-order valence-corrected chi connectivity index (χ3v) is 5.62. The maximum absolute atomic E-state index is 12.7. The highest BCUT2D eigenvalue weighted by Crippen LogP contribution is 2.39. The number of nitrogens with zero attached hydrogens (tertiary/aromatic N) is 1. The fourth-order valence-electron chi connectivity index (χ4n) is 2.72. The van der Waals surface area contributed by atoms with Gasteiger partial charge in [-0.25, -0.2) is 0 Å². The number of carbonyl (C=O) groups is 3. The number of carbonyl (C=O) groups excluding carboxylic acids is 3. The first kappa shape index (κ1) is 21.7. The molecule has 3 rings (SSSR count). The molecule has 1 aliphatic heterocycles. The molecule has 0 radical (unpaired) electrons. The summed E-state index contributed by atoms with van der Waals surface area (Å²) in [6.07, 6.45) is 6.79. The van der Waals surface area contributed by atoms with Crippen LogP contribution in [0.4, 0.5) is 4.79 Å². The first-order valence-corrected chi connectivity index (χ1v) is 10.3. The Bertz CT molecular complexity index is 1070. The Kier molecular flexibility index (Phi) is 6.98. The van der Waals surface area contributed by atoms with Crippen molar-refractivity contribution in [3.05, 3.63) is 63.0 Å². The van der Waals surface area contributed by atoms with E-state index in [0.717, 1.165) is 16.7 Å². The lowest BCUT2D eigenvalue weighted by molar-refractivity contribution is -0.122. The molecule has 2 amide bonds. The normalized spacial score (nSPS) is 14.7. The predicted octanol–water partition coefficient (Wildman–Crippen LogP) is 4.39. The lowest BCUT2D eigenvalue weighted by Crippen LogP contribution is -2.33. The Morgan fingerprint density at radius 1 is 1.27 bits per heavy atom. The molecule has 0 saturated carbocycles. The molecule has 8 heteroatoms. The van der Waals surface area contributed by atoms with Crippen LogP contribution in [0.2, 0.25) is 0 Å². The summed E-state index contributed by atoms with van der Waals surface area (Å²) >= 11 is 4.18. The zero-order valence-electron chi connectivity index (χ0n) is 15.9. The fourth-order valence-corrected chi connectivity index (χ4v) is 4.14. The van der Waals surface area contributed by atoms with E-state index in [9.17, 15) is 14.4 Å². The number of imide groups is 1. The molecule has 2 aromatic carbocycles. The predicted molar refractivity (Wildman–Crippen MR) is 118 cm³/mol. The molecule has 0 bridgehead atoms. The molecule has 0 atom stereocenters. The lowest BCUT2D eigenvalue weighted by atomic mass is 10.1. The number of Topliss-reactive ketones (excluding diaryl/α,β-unsaturated/α-hetero) is 1. The minimum Gasteiger partial charge on any atom is -0.493 e. The number of benzene rings is 2. The van der Waals surface area contributed by atoms with E-state index < -0.39 is 11.1 Å². The average molecular weight is 486 g/mol. The van der Waals surface area contributed by atoms with Crippen molar-refractivity contribution in [2.24, 2.45) is 0 Å². The van der Waals surface area contributed by atoms with Crippen LogP contribution in [0.25, 0.3) is 6.08 Å². The third kappa shape index (κ3) is 4.75. The largest absolute Gasteiger partial charge is 0.493 e. The van der Waals surface area contributed by atoms with Gasteiger partial charge in [0.05, 0.1) is 23.0 Å². The van der Waals surface area contributed by atoms with E-state index in [1.807, 2.05) is 0 Å². The Balaban J connectivity index is 1.82. The molecule has 0 N–H and O–H groups in total. The summed E-state index contributed by atoms with van der Waals surface area (Å²) in [5, 5.41) is -0.490. The van der Waals surface area contributed by atoms with Gasteiger partial charge in [0.15, 0.2) is 17.3 Å². The second-order valence-electron chi connectivity index (χ2n) is 6.08. The number of ether oxygens (including phenoxy) is 2. The quantitative estimate of drug-likeness (QED) is 0.329. The van der Waals surface area contributed by atoms with Crippen molar-refractivity contribution in [1.29, 1.82) is 0 Å². The molecule has 1 fully saturated rings. The molecule has 6 nitrogen and oxygen atoms in total. The highest BCUT2D eigenvalue weighted by molar-refractivity contribution is 9.10. The van der Waals surface area contributed by atoms with Gasteiger partial charge in [0.2, 0.25) is 0 Å². The van der Waals surface area contributed by atoms with E-state index in [1.54, 1.807) is 48.5 Å². The molecule has 1 aliphatic rings. The molecule has 0 aromatic heterocycles. The maximum atomic E-state index is 12.7. The van der Waals surface area contributed by atoms with Gasteiger partial charge in [-0.2, -0.15) is 0 Å². The van der Waals surface area contributed by atoms with Gasteiger partial charge in [0, 0.05) is 5.56 Å². The van der Waals surface area contributed by atoms with E-state index in [-0.39, 0.29) is 23.8 Å². The SMILES string of the molecule is C#CCOc1c(Br)cc(/C=C2\SC(=O)N(CC(=O)c3ccccc3)C2=O)cc1OC. The Morgan fingerprint density at radius 3 is 2.67 bits per heavy atom. The summed E-state index contributed by atoms with van der Waals surface area (Å²) in [7, 11) is 1.48. The smallest absolute Gasteiger partial charge is 0.293 e. The van der Waals surface area contributed by atoms with Crippen molar-refractivity contribution in [2.45, 2.75) is 0 Å². The highest BCUT2D eigenvalue weighted by Gasteiger charge is 2.36. The van der Waals surface area contributed by atoms with Crippen LogP contribution in [-0.4, -0.2) is 42.1 Å². The Hall–Kier alpha value is -3.02. The summed E-state index contributed by atoms with van der Waals surface area (Å²) in [5.74, 6) is 2.42. The number of halogens is 1. The highest BCUT2D eigenvalue weighted by atomic mass is 79.9. The van der Waals surface area contributed by atoms with Gasteiger partial charge in [-0.05, 0) is 51.5 Å². The minimum absolute atomic E-state index is 0.0721. The van der Waals surface area contributed by atoms with Crippen LogP contribution >= 0.6 is 27.7 Å². The van der Waals surface area contributed by atoms with Gasteiger partial charge in [0.1, 0.15) is 6.61 Å². The van der Waals surface area contributed by atoms with Gasteiger partial charge in [-0.1, -0.05) is 36.3 Å². The van der Waals surface area contributed by atoms with E-state index in [2.05, 4.69) is 21.9 Å². The first-order valence-electron chi connectivity index (χ1n) is 8.72. The molecule has 30 heavy (non-hydrogen) atoms. The van der Waals surface area contributed by atoms with Crippen LogP contribution < -0.4 is 9.47 Å². The monoisotopic (exact) mass is 485 g/mol. The topological polar surface area (TPSA) is 72.9 Å². The molecule has 0 spiro atoms. The fraction of sp³-hybridized carbons (Fsp3) is 0.136. The average Bonchev–Trinajstić information content (AvgIpc) is 3.00. The van der Waals surface area contributed by atoms with Crippen LogP contribution in [0, 0.1) is 12.3 Å². The summed E-state index contributed by atoms with van der Waals surface area (Å²) in [5.41, 5.74) is 1.06. The minimum atomic E-state index is -0.517. The van der Waals surface area contributed by atoms with Crippen LogP contribution in [0.15, 0.2) is 51.8 Å². The number of hydrogen-bond acceptors (Lipinski definition) is 6. The Labute approximate surface area is 186 Å². The summed E-state index contributed by atoms with van der Waals surface area (Å²) in [6.45, 7) is -0.236. The number of amides is 2. The van der Waals surface area contributed by atoms with E-state index in [1.165, 1.54) is 7.11 Å². The second-order valence-corrected chi connectivity index (χ2v) is 7.93. The number of ketones is 1. The van der Waals surface area contributed by atoms with E-state index in [4.69, 9.17) is 15.9 Å². The number of hydrogen-bond donors (Lipinski definition) is 0. The molecule has 0 unspecified atom stereocenters. The molecule has 1 heterocycles. The van der Waals surface area contributed by atoms with Crippen molar-refractivity contribution < 1.29 is 23.9 Å². The molecule has 2 aromatic rings. The van der Waals surface area contributed by atoms with Gasteiger partial charge in [0.25, 0.3) is 11.1 Å². The molecule has 1 saturated heterocycles. The number of thioether (sulfide) groups is 1. The summed E-state index contributed by atoms with van der Waals surface area (Å²) in [6, 6.07) is 11.9. The van der Waals surface area contributed by atoms with Gasteiger partial charge in [-0.3, -0.25) is 19.3 Å². The third-order valence-electron chi connectivity index (χ3n) is 4.12. The standard InChI is InChI=1S/C22H16BrNO5S/c1-3-9-29-20-16(23)10-14(11-18(20)28-2)12-19-21(26)24(22(27)30-19)13-17(25)15-7-5-4-6-8-15/h1,4-8,10-12H,9,13H2,2H3/b19-12-. The van der Waals surface area contributed by atoms with Gasteiger partial charge < -0.3 is 9.47 Å².